The third kappa shape index (κ3) is 4.62. The molecule has 1 saturated carbocycles. The number of amides is 2. The van der Waals surface area contributed by atoms with Gasteiger partial charge in [0, 0.05) is 31.7 Å². The molecule has 26 heavy (non-hydrogen) atoms. The number of aliphatic hydroxyl groups excluding tert-OH is 1. The number of aliphatic hydroxyl groups is 1. The van der Waals surface area contributed by atoms with Gasteiger partial charge in [-0.05, 0) is 56.4 Å². The van der Waals surface area contributed by atoms with E-state index in [2.05, 4.69) is 5.32 Å². The average molecular weight is 381 g/mol. The summed E-state index contributed by atoms with van der Waals surface area (Å²) in [6, 6.07) is 3.58. The van der Waals surface area contributed by atoms with Crippen molar-refractivity contribution < 1.29 is 19.1 Å². The van der Waals surface area contributed by atoms with E-state index in [-0.39, 0.29) is 30.4 Å². The summed E-state index contributed by atoms with van der Waals surface area (Å²) in [6.45, 7) is 1.69. The molecule has 1 aromatic rings. The van der Waals surface area contributed by atoms with Gasteiger partial charge in [0.1, 0.15) is 5.76 Å². The van der Waals surface area contributed by atoms with Crippen LogP contribution in [0.1, 0.15) is 48.4 Å². The van der Waals surface area contributed by atoms with Crippen molar-refractivity contribution >= 4 is 23.6 Å². The summed E-state index contributed by atoms with van der Waals surface area (Å²) < 4.78 is 5.56. The molecule has 2 N–H and O–H groups in total. The molecule has 2 heterocycles. The number of nitrogens with one attached hydrogen (secondary N) is 1. The summed E-state index contributed by atoms with van der Waals surface area (Å²) in [6.07, 6.45) is 6.10. The van der Waals surface area contributed by atoms with E-state index in [1.54, 1.807) is 17.8 Å². The molecule has 0 aromatic carbocycles. The zero-order valence-electron chi connectivity index (χ0n) is 15.3. The number of carbonyl (C=O) groups excluding carboxylic acids is 2. The topological polar surface area (TPSA) is 82.8 Å². The molecule has 6 nitrogen and oxygen atoms in total. The second kappa shape index (κ2) is 8.95. The van der Waals surface area contributed by atoms with Crippen molar-refractivity contribution in [3.63, 3.8) is 0 Å². The summed E-state index contributed by atoms with van der Waals surface area (Å²) in [5.74, 6) is 2.23. The Morgan fingerprint density at radius 2 is 2.04 bits per heavy atom. The summed E-state index contributed by atoms with van der Waals surface area (Å²) >= 11 is 1.65. The molecule has 144 valence electrons. The number of piperidine rings is 1. The highest BCUT2D eigenvalue weighted by atomic mass is 32.2. The lowest BCUT2D eigenvalue weighted by atomic mass is 9.96. The van der Waals surface area contributed by atoms with Crippen molar-refractivity contribution in [3.05, 3.63) is 23.7 Å². The quantitative estimate of drug-likeness (QED) is 0.791. The molecule has 7 heteroatoms. The Hall–Kier alpha value is -1.47. The second-order valence-electron chi connectivity index (χ2n) is 7.33. The second-order valence-corrected chi connectivity index (χ2v) is 8.20. The van der Waals surface area contributed by atoms with E-state index >= 15 is 0 Å². The average Bonchev–Trinajstić information content (AvgIpc) is 3.31. The van der Waals surface area contributed by atoms with Crippen LogP contribution in [-0.2, 0) is 10.5 Å². The fourth-order valence-corrected chi connectivity index (χ4v) is 4.35. The van der Waals surface area contributed by atoms with Gasteiger partial charge in [-0.25, -0.2) is 0 Å². The highest BCUT2D eigenvalue weighted by Gasteiger charge is 2.34. The van der Waals surface area contributed by atoms with Crippen LogP contribution in [0.25, 0.3) is 0 Å². The first-order chi connectivity index (χ1) is 12.6. The number of nitrogens with zero attached hydrogens (tertiary/aromatic N) is 1. The molecule has 3 rings (SSSR count). The fraction of sp³-hybridized carbons (Fsp3) is 0.684. The largest absolute Gasteiger partial charge is 0.455 e. The SMILES string of the molecule is CSCc1ccc(C(=O)N[C@H]2CC[C@@H](C(=O)N3CCC(CO)CC3)C2)o1. The minimum Gasteiger partial charge on any atom is -0.455 e. The van der Waals surface area contributed by atoms with Crippen LogP contribution in [0.5, 0.6) is 0 Å². The van der Waals surface area contributed by atoms with Gasteiger partial charge in [0.2, 0.25) is 5.91 Å². The first-order valence-corrected chi connectivity index (χ1v) is 10.8. The Labute approximate surface area is 158 Å². The molecule has 0 spiro atoms. The summed E-state index contributed by atoms with van der Waals surface area (Å²) in [5, 5.41) is 12.2. The Kier molecular flexibility index (Phi) is 6.64. The fourth-order valence-electron chi connectivity index (χ4n) is 3.91. The van der Waals surface area contributed by atoms with Crippen LogP contribution >= 0.6 is 11.8 Å². The van der Waals surface area contributed by atoms with Gasteiger partial charge in [-0.1, -0.05) is 0 Å². The van der Waals surface area contributed by atoms with Crippen LogP contribution in [0, 0.1) is 11.8 Å². The van der Waals surface area contributed by atoms with Gasteiger partial charge >= 0.3 is 0 Å². The summed E-state index contributed by atoms with van der Waals surface area (Å²) in [4.78, 5) is 27.0. The predicted molar refractivity (Wildman–Crippen MR) is 101 cm³/mol. The molecule has 1 aliphatic heterocycles. The number of likely N-dealkylation sites (tertiary alicyclic amines) is 1. The molecule has 2 atom stereocenters. The molecule has 1 saturated heterocycles. The third-order valence-corrected chi connectivity index (χ3v) is 6.05. The Morgan fingerprint density at radius 3 is 2.73 bits per heavy atom. The monoisotopic (exact) mass is 380 g/mol. The molecule has 2 fully saturated rings. The maximum Gasteiger partial charge on any atom is 0.287 e. The first-order valence-electron chi connectivity index (χ1n) is 9.39. The van der Waals surface area contributed by atoms with E-state index in [9.17, 15) is 14.7 Å². The Balaban J connectivity index is 1.47. The number of hydrogen-bond acceptors (Lipinski definition) is 5. The normalized spacial score (nSPS) is 24.0. The smallest absolute Gasteiger partial charge is 0.287 e. The van der Waals surface area contributed by atoms with Crippen LogP contribution in [0.4, 0.5) is 0 Å². The molecule has 1 aliphatic carbocycles. The molecule has 0 unspecified atom stereocenters. The lowest BCUT2D eigenvalue weighted by Crippen LogP contribution is -2.42. The van der Waals surface area contributed by atoms with E-state index in [4.69, 9.17) is 4.42 Å². The molecule has 0 bridgehead atoms. The lowest BCUT2D eigenvalue weighted by Gasteiger charge is -2.32. The minimum absolute atomic E-state index is 0.00497. The standard InChI is InChI=1S/C19H28N2O4S/c1-26-12-16-4-5-17(25-16)18(23)20-15-3-2-14(10-15)19(24)21-8-6-13(11-22)7-9-21/h4-5,13-15,22H,2-3,6-12H2,1H3,(H,20,23)/t14-,15+/m1/s1. The van der Waals surface area contributed by atoms with Gasteiger partial charge in [0.05, 0.1) is 5.75 Å². The van der Waals surface area contributed by atoms with Crippen molar-refractivity contribution in [2.45, 2.75) is 43.9 Å². The van der Waals surface area contributed by atoms with E-state index in [1.807, 2.05) is 17.2 Å². The van der Waals surface area contributed by atoms with Crippen LogP contribution in [0.2, 0.25) is 0 Å². The van der Waals surface area contributed by atoms with E-state index in [0.29, 0.717) is 18.1 Å². The minimum atomic E-state index is -0.195. The first kappa shape index (κ1) is 19.3. The van der Waals surface area contributed by atoms with Crippen LogP contribution in [-0.4, -0.2) is 53.8 Å². The van der Waals surface area contributed by atoms with Crippen LogP contribution in [0.3, 0.4) is 0 Å². The van der Waals surface area contributed by atoms with Crippen molar-refractivity contribution in [1.82, 2.24) is 10.2 Å². The molecular formula is C19H28N2O4S. The third-order valence-electron chi connectivity index (χ3n) is 5.47. The Morgan fingerprint density at radius 1 is 1.27 bits per heavy atom. The van der Waals surface area contributed by atoms with Crippen LogP contribution < -0.4 is 5.32 Å². The number of rotatable bonds is 6. The van der Waals surface area contributed by atoms with E-state index in [0.717, 1.165) is 50.3 Å². The maximum atomic E-state index is 12.7. The number of carbonyl (C=O) groups is 2. The van der Waals surface area contributed by atoms with Gasteiger partial charge in [-0.15, -0.1) is 0 Å². The van der Waals surface area contributed by atoms with E-state index < -0.39 is 0 Å². The zero-order chi connectivity index (χ0) is 18.5. The summed E-state index contributed by atoms with van der Waals surface area (Å²) in [7, 11) is 0. The number of thioether (sulfide) groups is 1. The lowest BCUT2D eigenvalue weighted by molar-refractivity contribution is -0.137. The van der Waals surface area contributed by atoms with Crippen molar-refractivity contribution in [2.24, 2.45) is 11.8 Å². The van der Waals surface area contributed by atoms with Crippen LogP contribution in [0.15, 0.2) is 16.5 Å². The Bertz CT molecular complexity index is 625. The molecule has 2 amide bonds. The zero-order valence-corrected chi connectivity index (χ0v) is 16.1. The maximum absolute atomic E-state index is 12.7. The van der Waals surface area contributed by atoms with Gasteiger partial charge in [-0.2, -0.15) is 11.8 Å². The van der Waals surface area contributed by atoms with Crippen molar-refractivity contribution in [1.29, 1.82) is 0 Å². The molecule has 2 aliphatic rings. The molecule has 0 radical (unpaired) electrons. The highest BCUT2D eigenvalue weighted by molar-refractivity contribution is 7.97. The molecular weight excluding hydrogens is 352 g/mol. The molecule has 1 aromatic heterocycles. The van der Waals surface area contributed by atoms with E-state index in [1.165, 1.54) is 0 Å². The number of furan rings is 1. The van der Waals surface area contributed by atoms with Gasteiger partial charge < -0.3 is 19.7 Å². The van der Waals surface area contributed by atoms with Crippen molar-refractivity contribution in [3.8, 4) is 0 Å². The van der Waals surface area contributed by atoms with Gasteiger partial charge in [0.25, 0.3) is 5.91 Å². The predicted octanol–water partition coefficient (Wildman–Crippen LogP) is 2.27. The highest BCUT2D eigenvalue weighted by Crippen LogP contribution is 2.29. The summed E-state index contributed by atoms with van der Waals surface area (Å²) in [5.41, 5.74) is 0. The number of hydrogen-bond donors (Lipinski definition) is 2. The van der Waals surface area contributed by atoms with Crippen molar-refractivity contribution in [2.75, 3.05) is 26.0 Å². The van der Waals surface area contributed by atoms with Gasteiger partial charge in [-0.3, -0.25) is 9.59 Å². The van der Waals surface area contributed by atoms with Gasteiger partial charge in [0.15, 0.2) is 5.76 Å².